The molecule has 2 N–H and O–H groups in total. The maximum Gasteiger partial charge on any atom is 0.306 e. The Hall–Kier alpha value is -4.12. The van der Waals surface area contributed by atoms with E-state index in [0.29, 0.717) is 12.1 Å². The number of carbonyl (C=O) groups excluding carboxylic acids is 2. The summed E-state index contributed by atoms with van der Waals surface area (Å²) in [4.78, 5) is 40.5. The van der Waals surface area contributed by atoms with Gasteiger partial charge in [0.05, 0.1) is 13.5 Å². The van der Waals surface area contributed by atoms with E-state index in [1.165, 1.54) is 19.2 Å². The lowest BCUT2D eigenvalue weighted by Crippen LogP contribution is -2.47. The molecule has 3 heterocycles. The Morgan fingerprint density at radius 1 is 1.03 bits per heavy atom. The van der Waals surface area contributed by atoms with Gasteiger partial charge in [-0.2, -0.15) is 0 Å². The Bertz CT molecular complexity index is 1480. The highest BCUT2D eigenvalue weighted by Gasteiger charge is 2.22. The van der Waals surface area contributed by atoms with Crippen LogP contribution in [0.1, 0.15) is 18.4 Å². The van der Waals surface area contributed by atoms with Crippen molar-refractivity contribution in [3.8, 4) is 0 Å². The molecule has 0 bridgehead atoms. The summed E-state index contributed by atoms with van der Waals surface area (Å²) in [6.45, 7) is 3.93. The van der Waals surface area contributed by atoms with Gasteiger partial charge in [-0.25, -0.2) is 18.7 Å². The molecule has 1 aliphatic heterocycles. The lowest BCUT2D eigenvalue weighted by Gasteiger charge is -2.35. The summed E-state index contributed by atoms with van der Waals surface area (Å²) in [5.41, 5.74) is 3.85. The van der Waals surface area contributed by atoms with Crippen molar-refractivity contribution in [3.63, 3.8) is 0 Å². The third kappa shape index (κ3) is 5.57. The van der Waals surface area contributed by atoms with E-state index in [1.807, 2.05) is 12.1 Å². The molecule has 0 atom stereocenters. The Morgan fingerprint density at radius 3 is 2.61 bits per heavy atom. The average molecular weight is 523 g/mol. The predicted octanol–water partition coefficient (Wildman–Crippen LogP) is 3.65. The summed E-state index contributed by atoms with van der Waals surface area (Å²) in [5, 5.41) is 3.68. The summed E-state index contributed by atoms with van der Waals surface area (Å²) < 4.78 is 31.3. The number of piperazine rings is 1. The fourth-order valence-electron chi connectivity index (χ4n) is 4.70. The van der Waals surface area contributed by atoms with Crippen molar-refractivity contribution < 1.29 is 23.1 Å². The van der Waals surface area contributed by atoms with Crippen molar-refractivity contribution >= 4 is 45.3 Å². The van der Waals surface area contributed by atoms with Crippen LogP contribution in [0.25, 0.3) is 21.9 Å². The van der Waals surface area contributed by atoms with Gasteiger partial charge in [0.15, 0.2) is 17.5 Å². The van der Waals surface area contributed by atoms with E-state index in [0.717, 1.165) is 66.0 Å². The molecule has 0 saturated carbocycles. The molecule has 1 fully saturated rings. The maximum absolute atomic E-state index is 13.5. The summed E-state index contributed by atoms with van der Waals surface area (Å²) in [7, 11) is 1.29. The number of amides is 1. The van der Waals surface area contributed by atoms with E-state index in [-0.39, 0.29) is 18.7 Å². The molecular formula is C27H28F2N6O3. The lowest BCUT2D eigenvalue weighted by atomic mass is 10.1. The number of fused-ring (bicyclic) bond motifs is 3. The summed E-state index contributed by atoms with van der Waals surface area (Å²) in [5.74, 6) is -1.53. The average Bonchev–Trinajstić information content (AvgIpc) is 3.31. The van der Waals surface area contributed by atoms with E-state index in [4.69, 9.17) is 0 Å². The number of benzene rings is 2. The minimum Gasteiger partial charge on any atom is -0.469 e. The number of aromatic nitrogens is 3. The number of ether oxygens (including phenoxy) is 1. The van der Waals surface area contributed by atoms with E-state index in [1.54, 1.807) is 18.5 Å². The number of nitrogens with one attached hydrogen (secondary N) is 2. The number of carbonyl (C=O) groups is 2. The van der Waals surface area contributed by atoms with Crippen molar-refractivity contribution in [1.29, 1.82) is 0 Å². The van der Waals surface area contributed by atoms with E-state index < -0.39 is 17.6 Å². The second-order valence-electron chi connectivity index (χ2n) is 9.26. The number of hydrogen-bond donors (Lipinski definition) is 2. The molecule has 1 saturated heterocycles. The monoisotopic (exact) mass is 522 g/mol. The SMILES string of the molecule is COC(=O)CCC(=O)Nc1ccc2[nH]c3c(N4CCN(CCc5ccc(F)c(F)c5)CC4)ncnc3c2c1. The zero-order chi connectivity index (χ0) is 26.6. The van der Waals surface area contributed by atoms with Crippen LogP contribution >= 0.6 is 0 Å². The van der Waals surface area contributed by atoms with Crippen molar-refractivity contribution in [1.82, 2.24) is 19.9 Å². The molecule has 2 aromatic heterocycles. The summed E-state index contributed by atoms with van der Waals surface area (Å²) >= 11 is 0. The Morgan fingerprint density at radius 2 is 1.84 bits per heavy atom. The molecule has 9 nitrogen and oxygen atoms in total. The van der Waals surface area contributed by atoms with Gasteiger partial charge in [-0.05, 0) is 42.3 Å². The predicted molar refractivity (Wildman–Crippen MR) is 140 cm³/mol. The minimum absolute atomic E-state index is 0.0201. The molecule has 0 unspecified atom stereocenters. The van der Waals surface area contributed by atoms with Gasteiger partial charge >= 0.3 is 5.97 Å². The van der Waals surface area contributed by atoms with Crippen LogP contribution in [0.2, 0.25) is 0 Å². The molecule has 0 radical (unpaired) electrons. The minimum atomic E-state index is -0.827. The summed E-state index contributed by atoms with van der Waals surface area (Å²) in [6.07, 6.45) is 2.25. The van der Waals surface area contributed by atoms with Crippen LogP contribution in [-0.4, -0.2) is 71.6 Å². The molecular weight excluding hydrogens is 494 g/mol. The van der Waals surface area contributed by atoms with Gasteiger partial charge in [0.2, 0.25) is 5.91 Å². The van der Waals surface area contributed by atoms with Gasteiger partial charge in [-0.15, -0.1) is 0 Å². The Balaban J connectivity index is 1.25. The number of H-pyrrole nitrogens is 1. The first-order valence-electron chi connectivity index (χ1n) is 12.5. The third-order valence-electron chi connectivity index (χ3n) is 6.80. The van der Waals surface area contributed by atoms with E-state index in [9.17, 15) is 18.4 Å². The molecule has 0 aliphatic carbocycles. The van der Waals surface area contributed by atoms with Crippen LogP contribution in [0.5, 0.6) is 0 Å². The molecule has 38 heavy (non-hydrogen) atoms. The maximum atomic E-state index is 13.5. The first-order chi connectivity index (χ1) is 18.4. The largest absolute Gasteiger partial charge is 0.469 e. The molecule has 11 heteroatoms. The van der Waals surface area contributed by atoms with Crippen LogP contribution in [0.3, 0.4) is 0 Å². The van der Waals surface area contributed by atoms with Gasteiger partial charge in [-0.3, -0.25) is 14.5 Å². The van der Waals surface area contributed by atoms with E-state index >= 15 is 0 Å². The quantitative estimate of drug-likeness (QED) is 0.341. The molecule has 198 valence electrons. The number of anilines is 2. The molecule has 1 aliphatic rings. The number of nitrogens with zero attached hydrogens (tertiary/aromatic N) is 4. The summed E-state index contributed by atoms with van der Waals surface area (Å²) in [6, 6.07) is 9.60. The van der Waals surface area contributed by atoms with Gasteiger partial charge in [0, 0.05) is 55.7 Å². The zero-order valence-electron chi connectivity index (χ0n) is 21.0. The van der Waals surface area contributed by atoms with Crippen LogP contribution in [0.4, 0.5) is 20.3 Å². The lowest BCUT2D eigenvalue weighted by molar-refractivity contribution is -0.141. The molecule has 4 aromatic rings. The number of rotatable bonds is 8. The Labute approximate surface area is 217 Å². The van der Waals surface area contributed by atoms with Crippen LogP contribution in [0.15, 0.2) is 42.7 Å². The first kappa shape index (κ1) is 25.5. The van der Waals surface area contributed by atoms with Crippen molar-refractivity contribution in [2.24, 2.45) is 0 Å². The first-order valence-corrected chi connectivity index (χ1v) is 12.5. The molecule has 2 aromatic carbocycles. The standard InChI is InChI=1S/C27H28F2N6O3/c1-38-24(37)7-6-23(36)32-18-3-5-22-19(15-18)25-26(33-22)27(31-16-30-25)35-12-10-34(11-13-35)9-8-17-2-4-20(28)21(29)14-17/h2-5,14-16,33H,6-13H2,1H3,(H,32,36). The van der Waals surface area contributed by atoms with Crippen molar-refractivity contribution in [2.75, 3.05) is 50.1 Å². The van der Waals surface area contributed by atoms with Crippen LogP contribution < -0.4 is 10.2 Å². The highest BCUT2D eigenvalue weighted by atomic mass is 19.2. The van der Waals surface area contributed by atoms with Crippen LogP contribution in [-0.2, 0) is 20.7 Å². The number of aromatic amines is 1. The van der Waals surface area contributed by atoms with Crippen LogP contribution in [0, 0.1) is 11.6 Å². The van der Waals surface area contributed by atoms with Gasteiger partial charge in [0.25, 0.3) is 0 Å². The highest BCUT2D eigenvalue weighted by Crippen LogP contribution is 2.31. The number of halogens is 2. The molecule has 5 rings (SSSR count). The van der Waals surface area contributed by atoms with E-state index in [2.05, 4.69) is 34.8 Å². The number of hydrogen-bond acceptors (Lipinski definition) is 7. The fraction of sp³-hybridized carbons (Fsp3) is 0.333. The van der Waals surface area contributed by atoms with Crippen molar-refractivity contribution in [2.45, 2.75) is 19.3 Å². The van der Waals surface area contributed by atoms with Gasteiger partial charge < -0.3 is 19.9 Å². The second kappa shape index (κ2) is 11.1. The zero-order valence-corrected chi connectivity index (χ0v) is 21.0. The third-order valence-corrected chi connectivity index (χ3v) is 6.80. The number of esters is 1. The smallest absolute Gasteiger partial charge is 0.306 e. The number of methoxy groups -OCH3 is 1. The normalized spacial score (nSPS) is 14.2. The second-order valence-corrected chi connectivity index (χ2v) is 9.26. The fourth-order valence-corrected chi connectivity index (χ4v) is 4.70. The molecule has 1 amide bonds. The molecule has 0 spiro atoms. The van der Waals surface area contributed by atoms with Gasteiger partial charge in [0.1, 0.15) is 17.4 Å². The highest BCUT2D eigenvalue weighted by molar-refractivity contribution is 6.09. The topological polar surface area (TPSA) is 103 Å². The van der Waals surface area contributed by atoms with Gasteiger partial charge in [-0.1, -0.05) is 6.07 Å². The van der Waals surface area contributed by atoms with Crippen molar-refractivity contribution in [3.05, 3.63) is 59.9 Å². The Kier molecular flexibility index (Phi) is 7.45.